The molecular formula is C10H16ClN3O2S. The number of fused-ring (bicyclic) bond motifs is 1. The van der Waals surface area contributed by atoms with Crippen molar-refractivity contribution >= 4 is 33.5 Å². The maximum Gasteiger partial charge on any atom is 0.197 e. The van der Waals surface area contributed by atoms with Crippen LogP contribution >= 0.6 is 11.6 Å². The van der Waals surface area contributed by atoms with E-state index in [9.17, 15) is 9.32 Å². The lowest BCUT2D eigenvalue weighted by Crippen LogP contribution is -2.48. The Morgan fingerprint density at radius 1 is 1.71 bits per heavy atom. The van der Waals surface area contributed by atoms with Crippen molar-refractivity contribution in [1.29, 1.82) is 0 Å². The number of nitrogens with zero attached hydrogens (tertiary/aromatic N) is 2. The molecule has 0 amide bonds. The fraction of sp³-hybridized carbons (Fsp3) is 0.800. The van der Waals surface area contributed by atoms with Gasteiger partial charge in [0.25, 0.3) is 0 Å². The largest absolute Gasteiger partial charge is 0.394 e. The van der Waals surface area contributed by atoms with E-state index in [4.69, 9.17) is 11.6 Å². The summed E-state index contributed by atoms with van der Waals surface area (Å²) in [5.74, 6) is 1.22. The van der Waals surface area contributed by atoms with Crippen LogP contribution in [0.25, 0.3) is 0 Å². The molecule has 0 aliphatic carbocycles. The van der Waals surface area contributed by atoms with Crippen molar-refractivity contribution in [2.75, 3.05) is 12.4 Å². The molecule has 0 aromatic carbocycles. The number of halogens is 1. The Labute approximate surface area is 108 Å². The Bertz CT molecular complexity index is 408. The van der Waals surface area contributed by atoms with Gasteiger partial charge in [-0.1, -0.05) is 0 Å². The molecule has 2 N–H and O–H groups in total. The second-order valence-corrected chi connectivity index (χ2v) is 6.91. The van der Waals surface area contributed by atoms with E-state index in [-0.39, 0.29) is 23.2 Å². The Hall–Kier alpha value is -0.460. The molecule has 0 aromatic rings. The molecule has 17 heavy (non-hydrogen) atoms. The molecule has 2 heterocycles. The molecule has 2 aliphatic rings. The lowest BCUT2D eigenvalue weighted by molar-refractivity contribution is 0.222. The molecule has 2 aliphatic heterocycles. The molecular weight excluding hydrogens is 262 g/mol. The molecule has 0 bridgehead atoms. The first kappa shape index (κ1) is 13.0. The molecule has 3 atom stereocenters. The Morgan fingerprint density at radius 2 is 2.41 bits per heavy atom. The maximum atomic E-state index is 11.9. The molecule has 3 unspecified atom stereocenters. The summed E-state index contributed by atoms with van der Waals surface area (Å²) < 4.78 is 11.9. The molecule has 1 saturated heterocycles. The summed E-state index contributed by atoms with van der Waals surface area (Å²) in [7, 11) is -0.962. The van der Waals surface area contributed by atoms with Gasteiger partial charge >= 0.3 is 0 Å². The van der Waals surface area contributed by atoms with Gasteiger partial charge in [0.15, 0.2) is 5.29 Å². The number of hydrogen-bond donors (Lipinski definition) is 2. The second-order valence-electron chi connectivity index (χ2n) is 4.87. The van der Waals surface area contributed by atoms with E-state index < -0.39 is 16.3 Å². The number of aliphatic hydroxyl groups is 1. The van der Waals surface area contributed by atoms with Gasteiger partial charge in [-0.2, -0.15) is 0 Å². The van der Waals surface area contributed by atoms with Gasteiger partial charge in [-0.25, -0.2) is 0 Å². The summed E-state index contributed by atoms with van der Waals surface area (Å²) in [6.45, 7) is 3.55. The minimum atomic E-state index is -0.962. The van der Waals surface area contributed by atoms with Gasteiger partial charge in [0.05, 0.1) is 18.2 Å². The van der Waals surface area contributed by atoms with Crippen LogP contribution < -0.4 is 5.32 Å². The summed E-state index contributed by atoms with van der Waals surface area (Å²) >= 11 is 5.89. The highest BCUT2D eigenvalue weighted by molar-refractivity contribution is 7.86. The quantitative estimate of drug-likeness (QED) is 0.711. The first-order valence-electron chi connectivity index (χ1n) is 5.51. The van der Waals surface area contributed by atoms with Gasteiger partial charge in [0, 0.05) is 16.6 Å². The number of aliphatic imine (C=N–C) groups is 2. The number of rotatable bonds is 2. The van der Waals surface area contributed by atoms with Crippen LogP contribution in [0.4, 0.5) is 0 Å². The van der Waals surface area contributed by atoms with Crippen molar-refractivity contribution in [1.82, 2.24) is 5.32 Å². The van der Waals surface area contributed by atoms with Crippen molar-refractivity contribution in [3.05, 3.63) is 0 Å². The molecule has 0 aromatic heterocycles. The van der Waals surface area contributed by atoms with Gasteiger partial charge in [-0.05, 0) is 31.9 Å². The summed E-state index contributed by atoms with van der Waals surface area (Å²) in [6.07, 6.45) is 0.772. The van der Waals surface area contributed by atoms with Gasteiger partial charge < -0.3 is 10.4 Å². The SMILES string of the molecule is CC(C)(CO)N=C1NC(Cl)=NC2CCS(=O)C12. The van der Waals surface area contributed by atoms with E-state index in [0.717, 1.165) is 6.42 Å². The molecule has 5 nitrogen and oxygen atoms in total. The first-order chi connectivity index (χ1) is 7.93. The third-order valence-electron chi connectivity index (χ3n) is 2.84. The van der Waals surface area contributed by atoms with Crippen LogP contribution in [0.1, 0.15) is 20.3 Å². The highest BCUT2D eigenvalue weighted by atomic mass is 35.5. The zero-order valence-electron chi connectivity index (χ0n) is 9.81. The van der Waals surface area contributed by atoms with E-state index in [2.05, 4.69) is 15.3 Å². The molecule has 0 saturated carbocycles. The van der Waals surface area contributed by atoms with E-state index >= 15 is 0 Å². The predicted molar refractivity (Wildman–Crippen MR) is 70.2 cm³/mol. The predicted octanol–water partition coefficient (Wildman–Crippen LogP) is 0.243. The monoisotopic (exact) mass is 277 g/mol. The maximum absolute atomic E-state index is 11.9. The summed E-state index contributed by atoms with van der Waals surface area (Å²) in [5.41, 5.74) is -0.603. The minimum Gasteiger partial charge on any atom is -0.394 e. The van der Waals surface area contributed by atoms with Crippen LogP contribution in [0.15, 0.2) is 9.98 Å². The van der Waals surface area contributed by atoms with Gasteiger partial charge in [-0.15, -0.1) is 0 Å². The molecule has 96 valence electrons. The molecule has 7 heteroatoms. The average molecular weight is 278 g/mol. The van der Waals surface area contributed by atoms with Crippen LogP contribution in [0.2, 0.25) is 0 Å². The van der Waals surface area contributed by atoms with E-state index in [0.29, 0.717) is 11.6 Å². The van der Waals surface area contributed by atoms with Crippen molar-refractivity contribution < 1.29 is 9.32 Å². The Balaban J connectivity index is 2.34. The molecule has 2 rings (SSSR count). The first-order valence-corrected chi connectivity index (χ1v) is 7.27. The fourth-order valence-electron chi connectivity index (χ4n) is 1.94. The third-order valence-corrected chi connectivity index (χ3v) is 4.77. The number of amidine groups is 2. The van der Waals surface area contributed by atoms with Crippen LogP contribution in [0, 0.1) is 0 Å². The lowest BCUT2D eigenvalue weighted by Gasteiger charge is -2.27. The summed E-state index contributed by atoms with van der Waals surface area (Å²) in [6, 6.07) is -0.0437. The molecule has 1 fully saturated rings. The smallest absolute Gasteiger partial charge is 0.197 e. The van der Waals surface area contributed by atoms with E-state index in [1.54, 1.807) is 0 Å². The molecule has 0 radical (unpaired) electrons. The van der Waals surface area contributed by atoms with Gasteiger partial charge in [0.2, 0.25) is 0 Å². The van der Waals surface area contributed by atoms with Crippen LogP contribution in [0.3, 0.4) is 0 Å². The number of aliphatic hydroxyl groups excluding tert-OH is 1. The zero-order valence-corrected chi connectivity index (χ0v) is 11.4. The molecule has 0 spiro atoms. The fourth-order valence-corrected chi connectivity index (χ4v) is 3.79. The lowest BCUT2D eigenvalue weighted by atomic mass is 10.1. The Morgan fingerprint density at radius 3 is 3.06 bits per heavy atom. The zero-order chi connectivity index (χ0) is 12.6. The standard InChI is InChI=1S/C10H16ClN3O2S/c1-10(2,5-15)14-8-7-6(3-4-17(7)16)12-9(11)13-8/h6-7,15H,3-5H2,1-2H3,(H,12,13,14). The number of hydrogen-bond acceptors (Lipinski definition) is 4. The summed E-state index contributed by atoms with van der Waals surface area (Å²) in [5, 5.41) is 12.2. The van der Waals surface area contributed by atoms with E-state index in [1.165, 1.54) is 0 Å². The van der Waals surface area contributed by atoms with E-state index in [1.807, 2.05) is 13.8 Å². The van der Waals surface area contributed by atoms with Gasteiger partial charge in [0.1, 0.15) is 11.1 Å². The average Bonchev–Trinajstić information content (AvgIpc) is 2.59. The van der Waals surface area contributed by atoms with Gasteiger partial charge in [-0.3, -0.25) is 14.2 Å². The van der Waals surface area contributed by atoms with Crippen molar-refractivity contribution in [3.63, 3.8) is 0 Å². The number of nitrogens with one attached hydrogen (secondary N) is 1. The van der Waals surface area contributed by atoms with Crippen LogP contribution in [-0.4, -0.2) is 49.6 Å². The Kier molecular flexibility index (Phi) is 3.56. The van der Waals surface area contributed by atoms with Crippen LogP contribution in [-0.2, 0) is 10.8 Å². The highest BCUT2D eigenvalue weighted by Crippen LogP contribution is 2.25. The summed E-state index contributed by atoms with van der Waals surface area (Å²) in [4.78, 5) is 8.66. The topological polar surface area (TPSA) is 74.1 Å². The van der Waals surface area contributed by atoms with Crippen LogP contribution in [0.5, 0.6) is 0 Å². The van der Waals surface area contributed by atoms with Crippen molar-refractivity contribution in [3.8, 4) is 0 Å². The minimum absolute atomic E-state index is 0.0437. The van der Waals surface area contributed by atoms with Crippen molar-refractivity contribution in [2.45, 2.75) is 37.1 Å². The highest BCUT2D eigenvalue weighted by Gasteiger charge is 2.41. The normalized spacial score (nSPS) is 35.4. The third kappa shape index (κ3) is 2.69. The van der Waals surface area contributed by atoms with Crippen molar-refractivity contribution in [2.24, 2.45) is 9.98 Å². The second kappa shape index (κ2) is 4.66.